The van der Waals surface area contributed by atoms with Crippen LogP contribution in [0.1, 0.15) is 10.4 Å². The van der Waals surface area contributed by atoms with Crippen LogP contribution in [0, 0.1) is 0 Å². The van der Waals surface area contributed by atoms with Gasteiger partial charge in [0.1, 0.15) is 23.8 Å². The molecular formula is C25H24N6O5. The Balaban J connectivity index is 1.46. The molecule has 0 spiro atoms. The fourth-order valence-corrected chi connectivity index (χ4v) is 3.36. The first-order valence-corrected chi connectivity index (χ1v) is 10.8. The second kappa shape index (κ2) is 11.0. The number of nitrogens with one attached hydrogen (secondary N) is 2. The van der Waals surface area contributed by atoms with Crippen molar-refractivity contribution in [1.82, 2.24) is 20.2 Å². The van der Waals surface area contributed by atoms with E-state index in [9.17, 15) is 9.59 Å². The number of methoxy groups -OCH3 is 3. The minimum absolute atomic E-state index is 0.178. The largest absolute Gasteiger partial charge is 0.497 e. The zero-order valence-corrected chi connectivity index (χ0v) is 19.9. The van der Waals surface area contributed by atoms with Gasteiger partial charge in [0.15, 0.2) is 0 Å². The fraction of sp³-hybridized carbons (Fsp3) is 0.160. The van der Waals surface area contributed by atoms with Crippen LogP contribution in [0.5, 0.6) is 17.2 Å². The monoisotopic (exact) mass is 488 g/mol. The van der Waals surface area contributed by atoms with Gasteiger partial charge in [0.05, 0.1) is 32.7 Å². The van der Waals surface area contributed by atoms with Crippen LogP contribution in [-0.2, 0) is 11.3 Å². The van der Waals surface area contributed by atoms with Crippen molar-refractivity contribution in [2.45, 2.75) is 6.54 Å². The minimum Gasteiger partial charge on any atom is -0.497 e. The van der Waals surface area contributed by atoms with Crippen LogP contribution in [0.25, 0.3) is 11.4 Å². The average molecular weight is 489 g/mol. The first kappa shape index (κ1) is 24.2. The number of amides is 2. The molecule has 0 aliphatic heterocycles. The quantitative estimate of drug-likeness (QED) is 0.367. The Kier molecular flexibility index (Phi) is 7.39. The number of para-hydroxylation sites is 1. The number of carbonyl (C=O) groups excluding carboxylic acids is 2. The van der Waals surface area contributed by atoms with Crippen molar-refractivity contribution in [3.05, 3.63) is 72.3 Å². The Labute approximate surface area is 207 Å². The van der Waals surface area contributed by atoms with Gasteiger partial charge in [-0.15, -0.1) is 10.2 Å². The normalized spacial score (nSPS) is 10.4. The summed E-state index contributed by atoms with van der Waals surface area (Å²) in [4.78, 5) is 26.5. The number of hydrogen-bond donors (Lipinski definition) is 2. The molecule has 11 nitrogen and oxygen atoms in total. The highest BCUT2D eigenvalue weighted by Gasteiger charge is 2.16. The van der Waals surface area contributed by atoms with Gasteiger partial charge in [0.2, 0.25) is 11.7 Å². The first-order chi connectivity index (χ1) is 17.5. The molecule has 2 N–H and O–H groups in total. The SMILES string of the molecule is COc1ccc(C(=O)Nc2ccccc2-c2nnn(CC(=O)Nc3ccc(OC)cc3OC)n2)cc1. The van der Waals surface area contributed by atoms with E-state index in [2.05, 4.69) is 26.0 Å². The zero-order valence-electron chi connectivity index (χ0n) is 19.9. The Morgan fingerprint density at radius 2 is 1.56 bits per heavy atom. The maximum atomic E-state index is 12.7. The molecule has 0 atom stereocenters. The summed E-state index contributed by atoms with van der Waals surface area (Å²) in [5.74, 6) is 1.30. The highest BCUT2D eigenvalue weighted by Crippen LogP contribution is 2.29. The molecule has 2 amide bonds. The van der Waals surface area contributed by atoms with Crippen molar-refractivity contribution in [2.75, 3.05) is 32.0 Å². The van der Waals surface area contributed by atoms with Gasteiger partial charge in [0.25, 0.3) is 5.91 Å². The molecular weight excluding hydrogens is 464 g/mol. The van der Waals surface area contributed by atoms with E-state index < -0.39 is 0 Å². The van der Waals surface area contributed by atoms with Crippen molar-refractivity contribution in [3.63, 3.8) is 0 Å². The van der Waals surface area contributed by atoms with Crippen molar-refractivity contribution in [3.8, 4) is 28.6 Å². The lowest BCUT2D eigenvalue weighted by Crippen LogP contribution is -2.20. The number of nitrogens with zero attached hydrogens (tertiary/aromatic N) is 4. The Morgan fingerprint density at radius 3 is 2.28 bits per heavy atom. The van der Waals surface area contributed by atoms with Gasteiger partial charge in [-0.2, -0.15) is 4.80 Å². The summed E-state index contributed by atoms with van der Waals surface area (Å²) in [6.07, 6.45) is 0. The molecule has 0 unspecified atom stereocenters. The number of hydrogen-bond acceptors (Lipinski definition) is 8. The lowest BCUT2D eigenvalue weighted by molar-refractivity contribution is -0.117. The molecule has 36 heavy (non-hydrogen) atoms. The van der Waals surface area contributed by atoms with Gasteiger partial charge in [-0.05, 0) is 53.7 Å². The number of rotatable bonds is 9. The highest BCUT2D eigenvalue weighted by molar-refractivity contribution is 6.06. The summed E-state index contributed by atoms with van der Waals surface area (Å²) in [7, 11) is 4.61. The summed E-state index contributed by atoms with van der Waals surface area (Å²) in [6, 6.07) is 18.9. The van der Waals surface area contributed by atoms with E-state index in [-0.39, 0.29) is 24.2 Å². The molecule has 3 aromatic carbocycles. The number of aromatic nitrogens is 4. The van der Waals surface area contributed by atoms with E-state index in [4.69, 9.17) is 14.2 Å². The smallest absolute Gasteiger partial charge is 0.255 e. The van der Waals surface area contributed by atoms with E-state index in [1.165, 1.54) is 11.9 Å². The zero-order chi connectivity index (χ0) is 25.5. The minimum atomic E-state index is -0.372. The van der Waals surface area contributed by atoms with Crippen molar-refractivity contribution in [1.29, 1.82) is 0 Å². The number of ether oxygens (including phenoxy) is 3. The predicted octanol–water partition coefficient (Wildman–Crippen LogP) is 3.26. The third-order valence-corrected chi connectivity index (χ3v) is 5.19. The van der Waals surface area contributed by atoms with Crippen LogP contribution in [-0.4, -0.2) is 53.4 Å². The third-order valence-electron chi connectivity index (χ3n) is 5.19. The molecule has 1 aromatic heterocycles. The molecule has 0 saturated carbocycles. The summed E-state index contributed by atoms with van der Waals surface area (Å²) in [5, 5.41) is 18.0. The average Bonchev–Trinajstić information content (AvgIpc) is 3.37. The standard InChI is InChI=1S/C25H24N6O5/c1-34-17-10-8-16(9-11-17)25(33)27-20-7-5-4-6-19(20)24-28-30-31(29-24)15-23(32)26-21-13-12-18(35-2)14-22(21)36-3/h4-14H,15H2,1-3H3,(H,26,32)(H,27,33). The van der Waals surface area contributed by atoms with E-state index in [0.29, 0.717) is 39.8 Å². The Morgan fingerprint density at radius 1 is 0.833 bits per heavy atom. The van der Waals surface area contributed by atoms with Crippen LogP contribution >= 0.6 is 0 Å². The van der Waals surface area contributed by atoms with Crippen LogP contribution in [0.2, 0.25) is 0 Å². The maximum absolute atomic E-state index is 12.7. The molecule has 0 bridgehead atoms. The summed E-state index contributed by atoms with van der Waals surface area (Å²) in [6.45, 7) is -0.178. The van der Waals surface area contributed by atoms with Crippen LogP contribution < -0.4 is 24.8 Å². The number of tetrazole rings is 1. The second-order valence-corrected chi connectivity index (χ2v) is 7.49. The van der Waals surface area contributed by atoms with Gasteiger partial charge in [-0.3, -0.25) is 9.59 Å². The summed E-state index contributed by atoms with van der Waals surface area (Å²) >= 11 is 0. The van der Waals surface area contributed by atoms with Crippen LogP contribution in [0.3, 0.4) is 0 Å². The summed E-state index contributed by atoms with van der Waals surface area (Å²) < 4.78 is 15.6. The van der Waals surface area contributed by atoms with Crippen LogP contribution in [0.15, 0.2) is 66.7 Å². The van der Waals surface area contributed by atoms with Crippen LogP contribution in [0.4, 0.5) is 11.4 Å². The van der Waals surface area contributed by atoms with E-state index in [1.54, 1.807) is 80.9 Å². The second-order valence-electron chi connectivity index (χ2n) is 7.49. The predicted molar refractivity (Wildman–Crippen MR) is 132 cm³/mol. The molecule has 184 valence electrons. The Hall–Kier alpha value is -4.93. The molecule has 0 radical (unpaired) electrons. The van der Waals surface area contributed by atoms with Gasteiger partial charge in [-0.25, -0.2) is 0 Å². The van der Waals surface area contributed by atoms with Gasteiger partial charge in [-0.1, -0.05) is 12.1 Å². The van der Waals surface area contributed by atoms with E-state index >= 15 is 0 Å². The molecule has 4 aromatic rings. The molecule has 0 saturated heterocycles. The fourth-order valence-electron chi connectivity index (χ4n) is 3.36. The van der Waals surface area contributed by atoms with Gasteiger partial charge < -0.3 is 24.8 Å². The van der Waals surface area contributed by atoms with E-state index in [0.717, 1.165) is 0 Å². The lowest BCUT2D eigenvalue weighted by Gasteiger charge is -2.11. The number of benzene rings is 3. The molecule has 0 fully saturated rings. The number of anilines is 2. The number of carbonyl (C=O) groups is 2. The maximum Gasteiger partial charge on any atom is 0.255 e. The van der Waals surface area contributed by atoms with Crippen molar-refractivity contribution < 1.29 is 23.8 Å². The molecule has 4 rings (SSSR count). The molecule has 0 aliphatic rings. The van der Waals surface area contributed by atoms with Crippen molar-refractivity contribution >= 4 is 23.2 Å². The topological polar surface area (TPSA) is 129 Å². The highest BCUT2D eigenvalue weighted by atomic mass is 16.5. The van der Waals surface area contributed by atoms with E-state index in [1.807, 2.05) is 0 Å². The molecule has 1 heterocycles. The van der Waals surface area contributed by atoms with Gasteiger partial charge in [0, 0.05) is 17.2 Å². The van der Waals surface area contributed by atoms with Gasteiger partial charge >= 0.3 is 0 Å². The van der Waals surface area contributed by atoms with Crippen molar-refractivity contribution in [2.24, 2.45) is 0 Å². The first-order valence-electron chi connectivity index (χ1n) is 10.8. The molecule has 0 aliphatic carbocycles. The Bertz CT molecular complexity index is 1370. The lowest BCUT2D eigenvalue weighted by atomic mass is 10.1. The third kappa shape index (κ3) is 5.58. The summed E-state index contributed by atoms with van der Waals surface area (Å²) in [5.41, 5.74) is 2.01. The molecule has 11 heteroatoms.